The summed E-state index contributed by atoms with van der Waals surface area (Å²) in [5.74, 6) is 0. The van der Waals surface area contributed by atoms with Gasteiger partial charge in [0.15, 0.2) is 0 Å². The zero-order chi connectivity index (χ0) is 13.8. The fourth-order valence-corrected chi connectivity index (χ4v) is 2.55. The van der Waals surface area contributed by atoms with E-state index in [1.165, 1.54) is 5.56 Å². The second-order valence-corrected chi connectivity index (χ2v) is 5.05. The number of aryl methyl sites for hydroxylation is 1. The van der Waals surface area contributed by atoms with Crippen LogP contribution in [0.5, 0.6) is 0 Å². The minimum Gasteiger partial charge on any atom is -0.324 e. The van der Waals surface area contributed by atoms with Crippen LogP contribution in [0.1, 0.15) is 23.6 Å². The van der Waals surface area contributed by atoms with Crippen LogP contribution in [0.3, 0.4) is 0 Å². The molecule has 0 radical (unpaired) electrons. The molecule has 1 atom stereocenters. The Morgan fingerprint density at radius 2 is 1.70 bits per heavy atom. The third-order valence-corrected chi connectivity index (χ3v) is 3.65. The molecule has 1 aromatic heterocycles. The van der Waals surface area contributed by atoms with E-state index in [1.807, 2.05) is 18.3 Å². The second kappa shape index (κ2) is 5.85. The zero-order valence-electron chi connectivity index (χ0n) is 11.4. The lowest BCUT2D eigenvalue weighted by molar-refractivity contribution is 0.655. The highest BCUT2D eigenvalue weighted by Gasteiger charge is 2.10. The van der Waals surface area contributed by atoms with E-state index in [4.69, 9.17) is 5.73 Å². The molecular formula is C18H18N2. The van der Waals surface area contributed by atoms with Gasteiger partial charge in [0.05, 0.1) is 5.52 Å². The molecule has 1 unspecified atom stereocenters. The highest BCUT2D eigenvalue weighted by molar-refractivity contribution is 5.81. The minimum atomic E-state index is 0.0220. The summed E-state index contributed by atoms with van der Waals surface area (Å²) in [5, 5.41) is 1.15. The Bertz CT molecular complexity index is 687. The molecular weight excluding hydrogens is 244 g/mol. The van der Waals surface area contributed by atoms with Crippen molar-refractivity contribution in [1.82, 2.24) is 4.98 Å². The van der Waals surface area contributed by atoms with Gasteiger partial charge in [0, 0.05) is 17.6 Å². The third-order valence-electron chi connectivity index (χ3n) is 3.65. The monoisotopic (exact) mass is 262 g/mol. The average molecular weight is 262 g/mol. The van der Waals surface area contributed by atoms with Crippen molar-refractivity contribution in [1.29, 1.82) is 0 Å². The number of pyridine rings is 1. The molecule has 2 aromatic carbocycles. The predicted octanol–water partition coefficient (Wildman–Crippen LogP) is 3.87. The van der Waals surface area contributed by atoms with Crippen LogP contribution in [-0.4, -0.2) is 4.98 Å². The second-order valence-electron chi connectivity index (χ2n) is 5.05. The van der Waals surface area contributed by atoms with Crippen LogP contribution < -0.4 is 5.73 Å². The third kappa shape index (κ3) is 2.70. The highest BCUT2D eigenvalue weighted by Crippen LogP contribution is 2.24. The Morgan fingerprint density at radius 3 is 2.55 bits per heavy atom. The molecule has 0 saturated carbocycles. The molecule has 0 spiro atoms. The Kier molecular flexibility index (Phi) is 3.75. The summed E-state index contributed by atoms with van der Waals surface area (Å²) >= 11 is 0. The van der Waals surface area contributed by atoms with Crippen LogP contribution >= 0.6 is 0 Å². The number of nitrogens with two attached hydrogens (primary N) is 1. The summed E-state index contributed by atoms with van der Waals surface area (Å²) in [4.78, 5) is 4.48. The van der Waals surface area contributed by atoms with Gasteiger partial charge >= 0.3 is 0 Å². The number of nitrogens with zero attached hydrogens (tertiary/aromatic N) is 1. The summed E-state index contributed by atoms with van der Waals surface area (Å²) in [7, 11) is 0. The Hall–Kier alpha value is -2.19. The molecule has 2 nitrogen and oxygen atoms in total. The van der Waals surface area contributed by atoms with Gasteiger partial charge in [0.1, 0.15) is 0 Å². The maximum absolute atomic E-state index is 6.37. The van der Waals surface area contributed by atoms with E-state index in [-0.39, 0.29) is 6.04 Å². The number of aromatic nitrogens is 1. The molecule has 0 aliphatic rings. The van der Waals surface area contributed by atoms with Crippen molar-refractivity contribution in [3.63, 3.8) is 0 Å². The van der Waals surface area contributed by atoms with Gasteiger partial charge in [0.25, 0.3) is 0 Å². The lowest BCUT2D eigenvalue weighted by Gasteiger charge is -2.14. The number of hydrogen-bond acceptors (Lipinski definition) is 2. The Morgan fingerprint density at radius 1 is 0.900 bits per heavy atom. The van der Waals surface area contributed by atoms with Gasteiger partial charge in [-0.05, 0) is 30.0 Å². The first-order valence-corrected chi connectivity index (χ1v) is 6.98. The number of hydrogen-bond donors (Lipinski definition) is 1. The molecule has 0 amide bonds. The number of para-hydroxylation sites is 1. The van der Waals surface area contributed by atoms with E-state index >= 15 is 0 Å². The van der Waals surface area contributed by atoms with Gasteiger partial charge < -0.3 is 5.73 Å². The topological polar surface area (TPSA) is 38.9 Å². The van der Waals surface area contributed by atoms with E-state index in [0.29, 0.717) is 0 Å². The predicted molar refractivity (Wildman–Crippen MR) is 83.4 cm³/mol. The Balaban J connectivity index is 1.80. The molecule has 20 heavy (non-hydrogen) atoms. The summed E-state index contributed by atoms with van der Waals surface area (Å²) in [6.45, 7) is 0. The molecule has 2 heteroatoms. The SMILES string of the molecule is NC(CCc1ccccc1)c1cccc2cccnc12. The maximum Gasteiger partial charge on any atom is 0.0749 e. The van der Waals surface area contributed by atoms with E-state index in [1.54, 1.807) is 0 Å². The van der Waals surface area contributed by atoms with Crippen molar-refractivity contribution in [3.8, 4) is 0 Å². The van der Waals surface area contributed by atoms with E-state index in [0.717, 1.165) is 29.3 Å². The average Bonchev–Trinajstić information content (AvgIpc) is 2.53. The van der Waals surface area contributed by atoms with Crippen LogP contribution in [0.15, 0.2) is 66.9 Å². The van der Waals surface area contributed by atoms with Crippen molar-refractivity contribution in [2.45, 2.75) is 18.9 Å². The standard InChI is InChI=1S/C18H18N2/c19-17(12-11-14-6-2-1-3-7-14)16-10-4-8-15-9-5-13-20-18(15)16/h1-10,13,17H,11-12,19H2. The van der Waals surface area contributed by atoms with Crippen LogP contribution in [0.4, 0.5) is 0 Å². The quantitative estimate of drug-likeness (QED) is 0.775. The normalized spacial score (nSPS) is 12.4. The van der Waals surface area contributed by atoms with Crippen molar-refractivity contribution < 1.29 is 0 Å². The van der Waals surface area contributed by atoms with Crippen LogP contribution in [0, 0.1) is 0 Å². The van der Waals surface area contributed by atoms with Crippen LogP contribution in [0.2, 0.25) is 0 Å². The van der Waals surface area contributed by atoms with E-state index in [9.17, 15) is 0 Å². The smallest absolute Gasteiger partial charge is 0.0749 e. The Labute approximate surface area is 119 Å². The van der Waals surface area contributed by atoms with Gasteiger partial charge in [-0.2, -0.15) is 0 Å². The number of fused-ring (bicyclic) bond motifs is 1. The highest BCUT2D eigenvalue weighted by atomic mass is 14.7. The molecule has 100 valence electrons. The van der Waals surface area contributed by atoms with Gasteiger partial charge in [-0.15, -0.1) is 0 Å². The first-order valence-electron chi connectivity index (χ1n) is 6.98. The van der Waals surface area contributed by atoms with Gasteiger partial charge in [-0.25, -0.2) is 0 Å². The van der Waals surface area contributed by atoms with Crippen molar-refractivity contribution in [2.24, 2.45) is 5.73 Å². The molecule has 3 rings (SSSR count). The summed E-state index contributed by atoms with van der Waals surface area (Å²) in [6.07, 6.45) is 3.75. The number of rotatable bonds is 4. The molecule has 3 aromatic rings. The number of benzene rings is 2. The van der Waals surface area contributed by atoms with E-state index < -0.39 is 0 Å². The molecule has 0 fully saturated rings. The van der Waals surface area contributed by atoms with Gasteiger partial charge in [-0.1, -0.05) is 54.6 Å². The fourth-order valence-electron chi connectivity index (χ4n) is 2.55. The summed E-state index contributed by atoms with van der Waals surface area (Å²) in [5.41, 5.74) is 9.86. The molecule has 2 N–H and O–H groups in total. The zero-order valence-corrected chi connectivity index (χ0v) is 11.4. The van der Waals surface area contributed by atoms with Crippen molar-refractivity contribution in [2.75, 3.05) is 0 Å². The molecule has 0 saturated heterocycles. The van der Waals surface area contributed by atoms with Crippen molar-refractivity contribution >= 4 is 10.9 Å². The maximum atomic E-state index is 6.37. The van der Waals surface area contributed by atoms with Gasteiger partial charge in [-0.3, -0.25) is 4.98 Å². The van der Waals surface area contributed by atoms with Gasteiger partial charge in [0.2, 0.25) is 0 Å². The largest absolute Gasteiger partial charge is 0.324 e. The lowest BCUT2D eigenvalue weighted by Crippen LogP contribution is -2.12. The fraction of sp³-hybridized carbons (Fsp3) is 0.167. The van der Waals surface area contributed by atoms with Crippen LogP contribution in [-0.2, 0) is 6.42 Å². The molecule has 0 bridgehead atoms. The van der Waals surface area contributed by atoms with Crippen LogP contribution in [0.25, 0.3) is 10.9 Å². The lowest BCUT2D eigenvalue weighted by atomic mass is 9.97. The molecule has 1 heterocycles. The summed E-state index contributed by atoms with van der Waals surface area (Å²) < 4.78 is 0. The first-order chi connectivity index (χ1) is 9.84. The minimum absolute atomic E-state index is 0.0220. The van der Waals surface area contributed by atoms with Crippen molar-refractivity contribution in [3.05, 3.63) is 78.0 Å². The summed E-state index contributed by atoms with van der Waals surface area (Å²) in [6, 6.07) is 20.8. The van der Waals surface area contributed by atoms with E-state index in [2.05, 4.69) is 53.5 Å². The first kappa shape index (κ1) is 12.8. The molecule has 0 aliphatic heterocycles. The molecule has 0 aliphatic carbocycles.